The van der Waals surface area contributed by atoms with Crippen LogP contribution in [-0.4, -0.2) is 52.6 Å². The third-order valence-corrected chi connectivity index (χ3v) is 5.19. The summed E-state index contributed by atoms with van der Waals surface area (Å²) in [5.41, 5.74) is 1.56. The van der Waals surface area contributed by atoms with E-state index in [1.54, 1.807) is 22.6 Å². The Morgan fingerprint density at radius 1 is 1.07 bits per heavy atom. The van der Waals surface area contributed by atoms with Crippen LogP contribution in [-0.2, 0) is 13.6 Å². The molecule has 30 heavy (non-hydrogen) atoms. The minimum Gasteiger partial charge on any atom is -0.334 e. The molecule has 1 N–H and O–H groups in total. The zero-order chi connectivity index (χ0) is 21.7. The predicted octanol–water partition coefficient (Wildman–Crippen LogP) is 2.77. The predicted molar refractivity (Wildman–Crippen MR) is 119 cm³/mol. The van der Waals surface area contributed by atoms with Gasteiger partial charge in [-0.3, -0.25) is 9.36 Å². The van der Waals surface area contributed by atoms with E-state index < -0.39 is 0 Å². The van der Waals surface area contributed by atoms with Crippen molar-refractivity contribution in [1.82, 2.24) is 24.7 Å². The Bertz CT molecular complexity index is 1060. The Morgan fingerprint density at radius 3 is 2.43 bits per heavy atom. The van der Waals surface area contributed by atoms with Gasteiger partial charge >= 0.3 is 6.03 Å². The molecule has 0 saturated heterocycles. The first-order chi connectivity index (χ1) is 14.4. The molecule has 1 aromatic heterocycles. The lowest BCUT2D eigenvalue weighted by Crippen LogP contribution is -2.45. The minimum absolute atomic E-state index is 0.111. The topological polar surface area (TPSA) is 70.5 Å². The molecule has 0 saturated carbocycles. The summed E-state index contributed by atoms with van der Waals surface area (Å²) in [6.07, 6.45) is 0. The molecule has 0 fully saturated rings. The van der Waals surface area contributed by atoms with E-state index in [1.165, 1.54) is 0 Å². The number of carbonyl (C=O) groups excluding carboxylic acids is 1. The van der Waals surface area contributed by atoms with Crippen molar-refractivity contribution >= 4 is 16.9 Å². The van der Waals surface area contributed by atoms with Gasteiger partial charge in [0.25, 0.3) is 5.56 Å². The van der Waals surface area contributed by atoms with Crippen LogP contribution in [0, 0.1) is 0 Å². The number of nitrogens with one attached hydrogen (secondary N) is 1. The lowest BCUT2D eigenvalue weighted by atomic mass is 10.2. The van der Waals surface area contributed by atoms with Crippen molar-refractivity contribution in [3.8, 4) is 0 Å². The average Bonchev–Trinajstić information content (AvgIpc) is 2.75. The number of aromatic nitrogens is 2. The van der Waals surface area contributed by atoms with Crippen molar-refractivity contribution in [1.29, 1.82) is 0 Å². The molecule has 0 aliphatic heterocycles. The molecule has 0 aliphatic carbocycles. The highest BCUT2D eigenvalue weighted by atomic mass is 16.2. The number of hydrogen-bond acceptors (Lipinski definition) is 4. The van der Waals surface area contributed by atoms with Crippen LogP contribution in [0.25, 0.3) is 10.9 Å². The molecule has 158 valence electrons. The summed E-state index contributed by atoms with van der Waals surface area (Å²) in [5.74, 6) is 0.562. The Morgan fingerprint density at radius 2 is 1.73 bits per heavy atom. The zero-order valence-electron chi connectivity index (χ0n) is 18.0. The summed E-state index contributed by atoms with van der Waals surface area (Å²) in [6, 6.07) is 16.5. The standard InChI is InChI=1S/C23H29N5O2/c1-17(21-25-20-13-9-8-12-19(20)22(29)27(21)4)28(15-14-26(2)3)23(30)24-16-18-10-6-5-7-11-18/h5-13,17H,14-16H2,1-4H3,(H,24,30). The van der Waals surface area contributed by atoms with E-state index in [0.717, 1.165) is 5.56 Å². The fourth-order valence-electron chi connectivity index (χ4n) is 3.40. The molecule has 2 aromatic carbocycles. The number of amides is 2. The second-order valence-electron chi connectivity index (χ2n) is 7.67. The van der Waals surface area contributed by atoms with Crippen molar-refractivity contribution in [2.75, 3.05) is 27.2 Å². The summed E-state index contributed by atoms with van der Waals surface area (Å²) in [6.45, 7) is 3.56. The zero-order valence-corrected chi connectivity index (χ0v) is 18.0. The number of urea groups is 1. The molecule has 0 spiro atoms. The number of nitrogens with zero attached hydrogens (tertiary/aromatic N) is 4. The van der Waals surface area contributed by atoms with Gasteiger partial charge in [-0.25, -0.2) is 9.78 Å². The van der Waals surface area contributed by atoms with E-state index in [1.807, 2.05) is 74.4 Å². The van der Waals surface area contributed by atoms with Crippen molar-refractivity contribution in [3.63, 3.8) is 0 Å². The van der Waals surface area contributed by atoms with Gasteiger partial charge in [-0.2, -0.15) is 0 Å². The van der Waals surface area contributed by atoms with Crippen LogP contribution in [0.15, 0.2) is 59.4 Å². The quantitative estimate of drug-likeness (QED) is 0.654. The highest BCUT2D eigenvalue weighted by molar-refractivity contribution is 5.78. The normalized spacial score (nSPS) is 12.2. The lowest BCUT2D eigenvalue weighted by Gasteiger charge is -2.31. The van der Waals surface area contributed by atoms with E-state index in [4.69, 9.17) is 4.98 Å². The van der Waals surface area contributed by atoms with E-state index in [-0.39, 0.29) is 17.6 Å². The van der Waals surface area contributed by atoms with Crippen LogP contribution >= 0.6 is 0 Å². The largest absolute Gasteiger partial charge is 0.334 e. The van der Waals surface area contributed by atoms with E-state index in [2.05, 4.69) is 5.32 Å². The molecule has 0 bridgehead atoms. The van der Waals surface area contributed by atoms with E-state index in [0.29, 0.717) is 36.4 Å². The number of para-hydroxylation sites is 1. The van der Waals surface area contributed by atoms with Gasteiger partial charge in [0.15, 0.2) is 0 Å². The summed E-state index contributed by atoms with van der Waals surface area (Å²) >= 11 is 0. The highest BCUT2D eigenvalue weighted by Gasteiger charge is 2.25. The highest BCUT2D eigenvalue weighted by Crippen LogP contribution is 2.19. The Hall–Kier alpha value is -3.19. The second-order valence-corrected chi connectivity index (χ2v) is 7.67. The number of hydrogen-bond donors (Lipinski definition) is 1. The molecular weight excluding hydrogens is 378 g/mol. The minimum atomic E-state index is -0.372. The summed E-state index contributed by atoms with van der Waals surface area (Å²) < 4.78 is 1.54. The maximum absolute atomic E-state index is 13.1. The van der Waals surface area contributed by atoms with Gasteiger partial charge in [0.1, 0.15) is 5.82 Å². The third-order valence-electron chi connectivity index (χ3n) is 5.19. The number of rotatable bonds is 7. The van der Waals surface area contributed by atoms with Crippen LogP contribution < -0.4 is 10.9 Å². The smallest absolute Gasteiger partial charge is 0.318 e. The first-order valence-electron chi connectivity index (χ1n) is 10.1. The van der Waals surface area contributed by atoms with E-state index >= 15 is 0 Å². The molecule has 7 nitrogen and oxygen atoms in total. The molecule has 1 unspecified atom stereocenters. The maximum Gasteiger partial charge on any atom is 0.318 e. The van der Waals surface area contributed by atoms with Gasteiger partial charge in [-0.05, 0) is 38.7 Å². The van der Waals surface area contributed by atoms with Gasteiger partial charge < -0.3 is 15.1 Å². The van der Waals surface area contributed by atoms with Gasteiger partial charge in [0, 0.05) is 26.7 Å². The van der Waals surface area contributed by atoms with Gasteiger partial charge in [0.05, 0.1) is 16.9 Å². The molecule has 7 heteroatoms. The van der Waals surface area contributed by atoms with Crippen molar-refractivity contribution in [3.05, 3.63) is 76.3 Å². The molecule has 1 atom stereocenters. The van der Waals surface area contributed by atoms with Crippen LogP contribution in [0.3, 0.4) is 0 Å². The van der Waals surface area contributed by atoms with Gasteiger partial charge in [-0.1, -0.05) is 42.5 Å². The van der Waals surface area contributed by atoms with Gasteiger partial charge in [0.2, 0.25) is 0 Å². The summed E-state index contributed by atoms with van der Waals surface area (Å²) in [4.78, 5) is 34.4. The number of fused-ring (bicyclic) bond motifs is 1. The molecule has 0 aliphatic rings. The first-order valence-corrected chi connectivity index (χ1v) is 10.1. The SMILES string of the molecule is CC(c1nc2ccccc2c(=O)n1C)N(CCN(C)C)C(=O)NCc1ccccc1. The van der Waals surface area contributed by atoms with Crippen molar-refractivity contribution in [2.24, 2.45) is 7.05 Å². The fraction of sp³-hybridized carbons (Fsp3) is 0.348. The van der Waals surface area contributed by atoms with E-state index in [9.17, 15) is 9.59 Å². The number of benzene rings is 2. The second kappa shape index (κ2) is 9.54. The van der Waals surface area contributed by atoms with Crippen LogP contribution in [0.4, 0.5) is 4.79 Å². The summed E-state index contributed by atoms with van der Waals surface area (Å²) in [7, 11) is 5.64. The third kappa shape index (κ3) is 4.86. The lowest BCUT2D eigenvalue weighted by molar-refractivity contribution is 0.167. The molecule has 2 amide bonds. The average molecular weight is 408 g/mol. The van der Waals surface area contributed by atoms with Crippen molar-refractivity contribution < 1.29 is 4.79 Å². The van der Waals surface area contributed by atoms with Crippen LogP contribution in [0.1, 0.15) is 24.4 Å². The Kier molecular flexibility index (Phi) is 6.84. The monoisotopic (exact) mass is 407 g/mol. The van der Waals surface area contributed by atoms with Crippen molar-refractivity contribution in [2.45, 2.75) is 19.5 Å². The van der Waals surface area contributed by atoms with Crippen LogP contribution in [0.2, 0.25) is 0 Å². The molecule has 3 rings (SSSR count). The first kappa shape index (κ1) is 21.5. The number of carbonyl (C=O) groups is 1. The van der Waals surface area contributed by atoms with Crippen LogP contribution in [0.5, 0.6) is 0 Å². The maximum atomic E-state index is 13.1. The van der Waals surface area contributed by atoms with Gasteiger partial charge in [-0.15, -0.1) is 0 Å². The summed E-state index contributed by atoms with van der Waals surface area (Å²) in [5, 5.41) is 3.57. The molecule has 3 aromatic rings. The molecular formula is C23H29N5O2. The molecule has 0 radical (unpaired) electrons. The fourth-order valence-corrected chi connectivity index (χ4v) is 3.40. The molecule has 1 heterocycles. The number of likely N-dealkylation sites (N-methyl/N-ethyl adjacent to an activating group) is 1. The Labute approximate surface area is 176 Å². The Balaban J connectivity index is 1.89.